The number of aromatic carboxylic acids is 1. The molecule has 0 bridgehead atoms. The van der Waals surface area contributed by atoms with Crippen LogP contribution in [0, 0.1) is 5.82 Å². The van der Waals surface area contributed by atoms with Gasteiger partial charge in [-0.2, -0.15) is 13.2 Å². The van der Waals surface area contributed by atoms with Crippen molar-refractivity contribution in [2.24, 2.45) is 5.73 Å². The molecule has 1 atom stereocenters. The van der Waals surface area contributed by atoms with E-state index in [2.05, 4.69) is 0 Å². The number of nitrogens with zero attached hydrogens (tertiary/aromatic N) is 1. The third kappa shape index (κ3) is 4.67. The Hall–Kier alpha value is -3.45. The van der Waals surface area contributed by atoms with Crippen molar-refractivity contribution >= 4 is 39.9 Å². The number of alkyl halides is 3. The number of hydrogen-bond donors (Lipinski definition) is 4. The van der Waals surface area contributed by atoms with Crippen LogP contribution in [0.5, 0.6) is 0 Å². The minimum atomic E-state index is -5.08. The summed E-state index contributed by atoms with van der Waals surface area (Å²) < 4.78 is 49.1. The van der Waals surface area contributed by atoms with E-state index in [0.717, 1.165) is 47.4 Å². The van der Waals surface area contributed by atoms with E-state index in [9.17, 15) is 27.9 Å². The highest BCUT2D eigenvalue weighted by Crippen LogP contribution is 2.44. The van der Waals surface area contributed by atoms with Crippen molar-refractivity contribution in [2.75, 3.05) is 5.73 Å². The first-order valence-corrected chi connectivity index (χ1v) is 11.7. The van der Waals surface area contributed by atoms with Gasteiger partial charge in [0.2, 0.25) is 5.43 Å². The van der Waals surface area contributed by atoms with Crippen LogP contribution in [0.1, 0.15) is 58.6 Å². The number of thiophene rings is 1. The van der Waals surface area contributed by atoms with Gasteiger partial charge in [0.1, 0.15) is 5.56 Å². The summed E-state index contributed by atoms with van der Waals surface area (Å²) in [6.45, 7) is 0. The fraction of sp³-hybridized carbons (Fsp3) is 0.348. The van der Waals surface area contributed by atoms with Crippen LogP contribution in [-0.2, 0) is 11.2 Å². The van der Waals surface area contributed by atoms with Crippen molar-refractivity contribution in [1.82, 2.24) is 4.57 Å². The van der Waals surface area contributed by atoms with Crippen LogP contribution in [0.15, 0.2) is 23.1 Å². The van der Waals surface area contributed by atoms with Crippen molar-refractivity contribution in [3.8, 4) is 10.4 Å². The number of halogens is 4. The average molecular weight is 527 g/mol. The molecule has 0 radical (unpaired) electrons. The first kappa shape index (κ1) is 25.6. The van der Waals surface area contributed by atoms with E-state index in [-0.39, 0.29) is 34.2 Å². The molecule has 8 nitrogen and oxygen atoms in total. The fourth-order valence-corrected chi connectivity index (χ4v) is 5.50. The van der Waals surface area contributed by atoms with Crippen LogP contribution in [0.3, 0.4) is 0 Å². The summed E-state index contributed by atoms with van der Waals surface area (Å²) in [5, 5.41) is 16.5. The molecule has 0 saturated heterocycles. The topological polar surface area (TPSA) is 149 Å². The largest absolute Gasteiger partial charge is 0.490 e. The van der Waals surface area contributed by atoms with E-state index < -0.39 is 29.4 Å². The number of nitrogens with two attached hydrogens (primary N) is 2. The highest BCUT2D eigenvalue weighted by molar-refractivity contribution is 7.15. The molecule has 2 aliphatic carbocycles. The van der Waals surface area contributed by atoms with E-state index in [4.69, 9.17) is 21.4 Å². The molecule has 1 aromatic carbocycles. The number of anilines is 1. The van der Waals surface area contributed by atoms with Crippen molar-refractivity contribution in [3.63, 3.8) is 0 Å². The van der Waals surface area contributed by atoms with Gasteiger partial charge in [0, 0.05) is 39.3 Å². The lowest BCUT2D eigenvalue weighted by atomic mass is 9.95. The van der Waals surface area contributed by atoms with Crippen molar-refractivity contribution < 1.29 is 37.4 Å². The second-order valence-corrected chi connectivity index (χ2v) is 9.75. The molecular formula is C23H21F4N3O5S. The van der Waals surface area contributed by atoms with Gasteiger partial charge in [-0.25, -0.2) is 14.0 Å². The lowest BCUT2D eigenvalue weighted by molar-refractivity contribution is -0.192. The number of benzene rings is 1. The van der Waals surface area contributed by atoms with E-state index in [0.29, 0.717) is 5.56 Å². The molecule has 1 saturated carbocycles. The Morgan fingerprint density at radius 2 is 1.78 bits per heavy atom. The molecule has 1 unspecified atom stereocenters. The molecule has 2 heterocycles. The van der Waals surface area contributed by atoms with Gasteiger partial charge < -0.3 is 26.2 Å². The average Bonchev–Trinajstić information content (AvgIpc) is 3.53. The smallest absolute Gasteiger partial charge is 0.477 e. The SMILES string of the molecule is Nc1cc(-c2cc3c(s2)C(N)CCC3)c(F)c2c1c(=O)c(C(=O)O)cn2C1CC1.O=C(O)C(F)(F)F. The number of carbonyl (C=O) groups is 2. The monoisotopic (exact) mass is 527 g/mol. The second kappa shape index (κ2) is 9.21. The summed E-state index contributed by atoms with van der Waals surface area (Å²) in [7, 11) is 0. The molecule has 2 aliphatic rings. The summed E-state index contributed by atoms with van der Waals surface area (Å²) in [6.07, 6.45) is 0.622. The standard InChI is InChI=1S/C21H20FN3O3S.C2HF3O2/c22-17-11(15-6-9-2-1-3-13(23)20(9)29-15)7-14(24)16-18(17)25(10-4-5-10)8-12(19(16)26)21(27)28;3-2(4,5)1(6)7/h6-8,10,13H,1-5,23-24H2,(H,27,28);(H,6,7). The summed E-state index contributed by atoms with van der Waals surface area (Å²) >= 11 is 1.47. The first-order chi connectivity index (χ1) is 16.8. The molecule has 3 aromatic rings. The highest BCUT2D eigenvalue weighted by atomic mass is 32.1. The molecule has 13 heteroatoms. The van der Waals surface area contributed by atoms with Crippen LogP contribution >= 0.6 is 11.3 Å². The number of pyridine rings is 1. The molecule has 36 heavy (non-hydrogen) atoms. The number of hydrogen-bond acceptors (Lipinski definition) is 6. The maximum atomic E-state index is 15.8. The van der Waals surface area contributed by atoms with Gasteiger partial charge in [0.05, 0.1) is 10.9 Å². The van der Waals surface area contributed by atoms with Gasteiger partial charge >= 0.3 is 18.1 Å². The Morgan fingerprint density at radius 1 is 1.14 bits per heavy atom. The highest BCUT2D eigenvalue weighted by Gasteiger charge is 2.38. The van der Waals surface area contributed by atoms with Crippen molar-refractivity contribution in [1.29, 1.82) is 0 Å². The molecule has 0 aliphatic heterocycles. The van der Waals surface area contributed by atoms with Crippen molar-refractivity contribution in [2.45, 2.75) is 50.4 Å². The molecule has 2 aromatic heterocycles. The summed E-state index contributed by atoms with van der Waals surface area (Å²) in [5.41, 5.74) is 12.9. The number of carboxylic acids is 2. The minimum absolute atomic E-state index is 0.0229. The van der Waals surface area contributed by atoms with Gasteiger partial charge in [0.25, 0.3) is 0 Å². The molecule has 0 spiro atoms. The van der Waals surface area contributed by atoms with Gasteiger partial charge in [-0.15, -0.1) is 11.3 Å². The molecule has 192 valence electrons. The zero-order chi connectivity index (χ0) is 26.5. The maximum absolute atomic E-state index is 15.8. The van der Waals surface area contributed by atoms with Crippen LogP contribution in [0.4, 0.5) is 23.2 Å². The number of carboxylic acid groups (broad SMARTS) is 2. The van der Waals surface area contributed by atoms with E-state index in [1.807, 2.05) is 6.07 Å². The predicted molar refractivity (Wildman–Crippen MR) is 125 cm³/mol. The number of nitrogen functional groups attached to an aromatic ring is 1. The number of aromatic nitrogens is 1. The van der Waals surface area contributed by atoms with E-state index >= 15 is 4.39 Å². The van der Waals surface area contributed by atoms with Crippen LogP contribution < -0.4 is 16.9 Å². The molecular weight excluding hydrogens is 506 g/mol. The Balaban J connectivity index is 0.000000384. The van der Waals surface area contributed by atoms with Gasteiger partial charge in [-0.1, -0.05) is 0 Å². The van der Waals surface area contributed by atoms with Crippen LogP contribution in [0.2, 0.25) is 0 Å². The van der Waals surface area contributed by atoms with E-state index in [1.54, 1.807) is 4.57 Å². The summed E-state index contributed by atoms with van der Waals surface area (Å²) in [6, 6.07) is 3.35. The van der Waals surface area contributed by atoms with Gasteiger partial charge in [0.15, 0.2) is 5.82 Å². The first-order valence-electron chi connectivity index (χ1n) is 10.9. The zero-order valence-electron chi connectivity index (χ0n) is 18.6. The predicted octanol–water partition coefficient (Wildman–Crippen LogP) is 4.45. The normalized spacial score (nSPS) is 17.3. The second-order valence-electron chi connectivity index (χ2n) is 8.67. The Morgan fingerprint density at radius 3 is 2.31 bits per heavy atom. The van der Waals surface area contributed by atoms with Crippen LogP contribution in [0.25, 0.3) is 21.3 Å². The molecule has 6 N–H and O–H groups in total. The Labute approximate surface area is 204 Å². The fourth-order valence-electron chi connectivity index (χ4n) is 4.24. The van der Waals surface area contributed by atoms with Gasteiger partial charge in [-0.05, 0) is 49.8 Å². The molecule has 0 amide bonds. The zero-order valence-corrected chi connectivity index (χ0v) is 19.4. The quantitative estimate of drug-likeness (QED) is 0.290. The number of aliphatic carboxylic acids is 1. The lowest BCUT2D eigenvalue weighted by Crippen LogP contribution is -2.21. The number of aryl methyl sites for hydroxylation is 1. The molecule has 5 rings (SSSR count). The third-order valence-corrected chi connectivity index (χ3v) is 7.43. The Kier molecular flexibility index (Phi) is 6.56. The van der Waals surface area contributed by atoms with E-state index in [1.165, 1.54) is 23.6 Å². The summed E-state index contributed by atoms with van der Waals surface area (Å²) in [5.74, 6) is -4.63. The number of fused-ring (bicyclic) bond motifs is 2. The number of rotatable bonds is 3. The maximum Gasteiger partial charge on any atom is 0.490 e. The van der Waals surface area contributed by atoms with Crippen LogP contribution in [-0.4, -0.2) is 32.9 Å². The Bertz CT molecular complexity index is 1440. The lowest BCUT2D eigenvalue weighted by Gasteiger charge is -2.17. The minimum Gasteiger partial charge on any atom is -0.477 e. The summed E-state index contributed by atoms with van der Waals surface area (Å²) in [4.78, 5) is 35.0. The van der Waals surface area contributed by atoms with Crippen molar-refractivity contribution in [3.05, 3.63) is 50.4 Å². The third-order valence-electron chi connectivity index (χ3n) is 6.09. The van der Waals surface area contributed by atoms with Gasteiger partial charge in [-0.3, -0.25) is 4.79 Å². The molecule has 1 fully saturated rings.